The van der Waals surface area contributed by atoms with E-state index in [0.29, 0.717) is 5.76 Å². The first-order chi connectivity index (χ1) is 12.2. The third-order valence-corrected chi connectivity index (χ3v) is 5.11. The standard InChI is InChI=1S/C17H17N3O5S/c1-10-13(14-16(25-10)19-9-20(2)17(14)22)15(21)18-8-11-4-6-12(7-5-11)26(3,23)24/h4-7,9H,8H2,1-3H3,(H,18,21). The molecule has 0 radical (unpaired) electrons. The van der Waals surface area contributed by atoms with Crippen LogP contribution in [0.25, 0.3) is 11.1 Å². The molecule has 0 saturated heterocycles. The molecule has 1 amide bonds. The Labute approximate surface area is 149 Å². The molecule has 0 atom stereocenters. The number of benzene rings is 1. The molecular weight excluding hydrogens is 358 g/mol. The summed E-state index contributed by atoms with van der Waals surface area (Å²) >= 11 is 0. The number of carbonyl (C=O) groups is 1. The van der Waals surface area contributed by atoms with Crippen LogP contribution in [-0.4, -0.2) is 30.1 Å². The highest BCUT2D eigenvalue weighted by atomic mass is 32.2. The predicted octanol–water partition coefficient (Wildman–Crippen LogP) is 1.17. The fourth-order valence-corrected chi connectivity index (χ4v) is 3.22. The van der Waals surface area contributed by atoms with E-state index >= 15 is 0 Å². The number of nitrogens with one attached hydrogen (secondary N) is 1. The Morgan fingerprint density at radius 1 is 1.27 bits per heavy atom. The molecule has 1 aromatic carbocycles. The van der Waals surface area contributed by atoms with Gasteiger partial charge in [-0.3, -0.25) is 9.59 Å². The Morgan fingerprint density at radius 3 is 2.54 bits per heavy atom. The fraction of sp³-hybridized carbons (Fsp3) is 0.235. The van der Waals surface area contributed by atoms with Crippen molar-refractivity contribution in [1.29, 1.82) is 0 Å². The quantitative estimate of drug-likeness (QED) is 0.733. The summed E-state index contributed by atoms with van der Waals surface area (Å²) in [4.78, 5) is 29.1. The second-order valence-electron chi connectivity index (χ2n) is 5.97. The van der Waals surface area contributed by atoms with Gasteiger partial charge in [0.1, 0.15) is 17.5 Å². The van der Waals surface area contributed by atoms with Crippen molar-refractivity contribution in [3.8, 4) is 0 Å². The van der Waals surface area contributed by atoms with Crippen LogP contribution in [0.1, 0.15) is 21.7 Å². The number of rotatable bonds is 4. The minimum atomic E-state index is -3.27. The molecule has 9 heteroatoms. The van der Waals surface area contributed by atoms with E-state index in [0.717, 1.165) is 11.8 Å². The molecule has 2 aromatic heterocycles. The summed E-state index contributed by atoms with van der Waals surface area (Å²) in [5.74, 6) is -0.153. The Hall–Kier alpha value is -2.94. The summed E-state index contributed by atoms with van der Waals surface area (Å²) in [7, 11) is -1.73. The molecule has 8 nitrogen and oxygen atoms in total. The van der Waals surface area contributed by atoms with Gasteiger partial charge in [0.05, 0.1) is 10.5 Å². The van der Waals surface area contributed by atoms with Gasteiger partial charge in [0.2, 0.25) is 5.71 Å². The molecule has 1 N–H and O–H groups in total. The van der Waals surface area contributed by atoms with Gasteiger partial charge in [0.15, 0.2) is 9.84 Å². The predicted molar refractivity (Wildman–Crippen MR) is 94.7 cm³/mol. The number of fused-ring (bicyclic) bond motifs is 1. The normalized spacial score (nSPS) is 11.7. The zero-order valence-electron chi connectivity index (χ0n) is 14.4. The van der Waals surface area contributed by atoms with Crippen LogP contribution < -0.4 is 10.9 Å². The van der Waals surface area contributed by atoms with Crippen molar-refractivity contribution < 1.29 is 17.6 Å². The van der Waals surface area contributed by atoms with Crippen LogP contribution in [0.4, 0.5) is 0 Å². The van der Waals surface area contributed by atoms with Gasteiger partial charge in [-0.2, -0.15) is 0 Å². The van der Waals surface area contributed by atoms with Gasteiger partial charge < -0.3 is 14.3 Å². The topological polar surface area (TPSA) is 111 Å². The molecule has 2 heterocycles. The number of aromatic nitrogens is 2. The second-order valence-corrected chi connectivity index (χ2v) is 7.99. The number of furan rings is 1. The maximum atomic E-state index is 12.6. The molecule has 0 aliphatic heterocycles. The van der Waals surface area contributed by atoms with Crippen molar-refractivity contribution in [3.63, 3.8) is 0 Å². The molecule has 0 aliphatic carbocycles. The van der Waals surface area contributed by atoms with Crippen molar-refractivity contribution in [3.05, 3.63) is 57.8 Å². The minimum absolute atomic E-state index is 0.119. The number of amides is 1. The summed E-state index contributed by atoms with van der Waals surface area (Å²) < 4.78 is 29.6. The average molecular weight is 375 g/mol. The van der Waals surface area contributed by atoms with E-state index in [1.54, 1.807) is 26.1 Å². The molecule has 3 rings (SSSR count). The smallest absolute Gasteiger partial charge is 0.265 e. The van der Waals surface area contributed by atoms with Crippen LogP contribution in [0.2, 0.25) is 0 Å². The summed E-state index contributed by atoms with van der Waals surface area (Å²) in [5.41, 5.74) is 0.631. The van der Waals surface area contributed by atoms with E-state index in [1.807, 2.05) is 0 Å². The average Bonchev–Trinajstić information content (AvgIpc) is 2.92. The van der Waals surface area contributed by atoms with E-state index in [4.69, 9.17) is 4.42 Å². The number of sulfone groups is 1. The SMILES string of the molecule is Cc1oc2ncn(C)c(=O)c2c1C(=O)NCc1ccc(S(C)(=O)=O)cc1. The van der Waals surface area contributed by atoms with Gasteiger partial charge in [-0.1, -0.05) is 12.1 Å². The Kier molecular flexibility index (Phi) is 4.41. The number of nitrogens with zero attached hydrogens (tertiary/aromatic N) is 2. The lowest BCUT2D eigenvalue weighted by molar-refractivity contribution is 0.0950. The third kappa shape index (κ3) is 3.25. The van der Waals surface area contributed by atoms with E-state index in [9.17, 15) is 18.0 Å². The highest BCUT2D eigenvalue weighted by Gasteiger charge is 2.22. The highest BCUT2D eigenvalue weighted by molar-refractivity contribution is 7.90. The van der Waals surface area contributed by atoms with Crippen molar-refractivity contribution in [1.82, 2.24) is 14.9 Å². The number of carbonyl (C=O) groups excluding carboxylic acids is 1. The molecule has 0 fully saturated rings. The molecule has 0 bridgehead atoms. The molecule has 136 valence electrons. The largest absolute Gasteiger partial charge is 0.442 e. The summed E-state index contributed by atoms with van der Waals surface area (Å²) in [6.45, 7) is 1.77. The second kappa shape index (κ2) is 6.41. The van der Waals surface area contributed by atoms with Crippen molar-refractivity contribution >= 4 is 26.8 Å². The number of aryl methyl sites for hydroxylation is 2. The first kappa shape index (κ1) is 17.9. The van der Waals surface area contributed by atoms with Gasteiger partial charge in [0.25, 0.3) is 11.5 Å². The van der Waals surface area contributed by atoms with Gasteiger partial charge in [-0.05, 0) is 24.6 Å². The number of hydrogen-bond acceptors (Lipinski definition) is 6. The minimum Gasteiger partial charge on any atom is -0.442 e. The summed E-state index contributed by atoms with van der Waals surface area (Å²) in [6.07, 6.45) is 2.46. The molecule has 0 saturated carbocycles. The van der Waals surface area contributed by atoms with Gasteiger partial charge >= 0.3 is 0 Å². The molecule has 3 aromatic rings. The molecule has 0 aliphatic rings. The van der Waals surface area contributed by atoms with Gasteiger partial charge in [-0.15, -0.1) is 0 Å². The van der Waals surface area contributed by atoms with Crippen molar-refractivity contribution in [2.24, 2.45) is 7.05 Å². The van der Waals surface area contributed by atoms with Crippen LogP contribution in [0.15, 0.2) is 44.7 Å². The maximum absolute atomic E-state index is 12.6. The Bertz CT molecular complexity index is 1160. The van der Waals surface area contributed by atoms with E-state index in [2.05, 4.69) is 10.3 Å². The van der Waals surface area contributed by atoms with Gasteiger partial charge in [-0.25, -0.2) is 13.4 Å². The Morgan fingerprint density at radius 2 is 1.92 bits per heavy atom. The zero-order valence-corrected chi connectivity index (χ0v) is 15.3. The lowest BCUT2D eigenvalue weighted by atomic mass is 10.1. The van der Waals surface area contributed by atoms with Crippen molar-refractivity contribution in [2.45, 2.75) is 18.4 Å². The van der Waals surface area contributed by atoms with E-state index in [1.165, 1.54) is 23.0 Å². The number of hydrogen-bond donors (Lipinski definition) is 1. The first-order valence-electron chi connectivity index (χ1n) is 7.70. The molecule has 26 heavy (non-hydrogen) atoms. The maximum Gasteiger partial charge on any atom is 0.265 e. The first-order valence-corrected chi connectivity index (χ1v) is 9.59. The molecule has 0 spiro atoms. The van der Waals surface area contributed by atoms with Crippen molar-refractivity contribution in [2.75, 3.05) is 6.26 Å². The lowest BCUT2D eigenvalue weighted by Gasteiger charge is -2.06. The van der Waals surface area contributed by atoms with Crippen LogP contribution >= 0.6 is 0 Å². The van der Waals surface area contributed by atoms with Crippen LogP contribution in [-0.2, 0) is 23.4 Å². The Balaban J connectivity index is 1.85. The van der Waals surface area contributed by atoms with E-state index in [-0.39, 0.29) is 33.7 Å². The summed E-state index contributed by atoms with van der Waals surface area (Å²) in [6, 6.07) is 6.21. The van der Waals surface area contributed by atoms with Crippen LogP contribution in [0.3, 0.4) is 0 Å². The third-order valence-electron chi connectivity index (χ3n) is 3.98. The highest BCUT2D eigenvalue weighted by Crippen LogP contribution is 2.20. The molecular formula is C17H17N3O5S. The summed E-state index contributed by atoms with van der Waals surface area (Å²) in [5, 5.41) is 2.85. The monoisotopic (exact) mass is 375 g/mol. The zero-order chi connectivity index (χ0) is 19.1. The lowest BCUT2D eigenvalue weighted by Crippen LogP contribution is -2.25. The van der Waals surface area contributed by atoms with Crippen LogP contribution in [0, 0.1) is 6.92 Å². The van der Waals surface area contributed by atoms with Crippen LogP contribution in [0.5, 0.6) is 0 Å². The fourth-order valence-electron chi connectivity index (χ4n) is 2.59. The van der Waals surface area contributed by atoms with Gasteiger partial charge in [0, 0.05) is 19.8 Å². The molecule has 0 unspecified atom stereocenters. The van der Waals surface area contributed by atoms with E-state index < -0.39 is 15.7 Å².